The third-order valence-corrected chi connectivity index (χ3v) is 5.31. The average molecular weight is 365 g/mol. The van der Waals surface area contributed by atoms with E-state index in [1.165, 1.54) is 9.75 Å². The summed E-state index contributed by atoms with van der Waals surface area (Å²) in [5.74, 6) is 0.757. The molecule has 0 unspecified atom stereocenters. The molecule has 2 aromatic heterocycles. The van der Waals surface area contributed by atoms with Crippen LogP contribution < -0.4 is 5.32 Å². The van der Waals surface area contributed by atoms with Crippen molar-refractivity contribution in [3.8, 4) is 0 Å². The summed E-state index contributed by atoms with van der Waals surface area (Å²) in [4.78, 5) is 22.6. The lowest BCUT2D eigenvalue weighted by molar-refractivity contribution is -0.127. The number of likely N-dealkylation sites (N-methyl/N-ethyl adjacent to an activating group) is 2. The fourth-order valence-corrected chi connectivity index (χ4v) is 3.36. The van der Waals surface area contributed by atoms with Gasteiger partial charge in [-0.2, -0.15) is 0 Å². The minimum atomic E-state index is -0.00270. The molecule has 7 heteroatoms. The van der Waals surface area contributed by atoms with Crippen LogP contribution in [0.2, 0.25) is 0 Å². The van der Waals surface area contributed by atoms with Crippen molar-refractivity contribution in [1.82, 2.24) is 15.1 Å². The SMILES string of the molecule is CN(C)C(=O)CN=C(NCc1cccs1)N(C)CCc1cccs1. The van der Waals surface area contributed by atoms with Crippen molar-refractivity contribution in [1.29, 1.82) is 0 Å². The number of aliphatic imine (C=N–C) groups is 1. The zero-order valence-corrected chi connectivity index (χ0v) is 16.0. The second-order valence-electron chi connectivity index (χ2n) is 5.61. The van der Waals surface area contributed by atoms with Gasteiger partial charge in [-0.3, -0.25) is 4.79 Å². The van der Waals surface area contributed by atoms with Crippen LogP contribution in [0.5, 0.6) is 0 Å². The Morgan fingerprint density at radius 1 is 1.12 bits per heavy atom. The number of thiophene rings is 2. The van der Waals surface area contributed by atoms with E-state index in [1.54, 1.807) is 41.7 Å². The highest BCUT2D eigenvalue weighted by Crippen LogP contribution is 2.10. The van der Waals surface area contributed by atoms with Crippen LogP contribution in [0.4, 0.5) is 0 Å². The number of nitrogens with one attached hydrogen (secondary N) is 1. The molecule has 0 aliphatic rings. The average Bonchev–Trinajstić information content (AvgIpc) is 3.25. The summed E-state index contributed by atoms with van der Waals surface area (Å²) in [5, 5.41) is 7.52. The highest BCUT2D eigenvalue weighted by molar-refractivity contribution is 7.10. The van der Waals surface area contributed by atoms with Crippen LogP contribution in [0.15, 0.2) is 40.0 Å². The fraction of sp³-hybridized carbons (Fsp3) is 0.412. The number of nitrogens with zero attached hydrogens (tertiary/aromatic N) is 3. The van der Waals surface area contributed by atoms with Gasteiger partial charge < -0.3 is 15.1 Å². The third-order valence-electron chi connectivity index (χ3n) is 3.50. The van der Waals surface area contributed by atoms with Gasteiger partial charge in [0.05, 0.1) is 6.54 Å². The Morgan fingerprint density at radius 3 is 2.38 bits per heavy atom. The van der Waals surface area contributed by atoms with Crippen LogP contribution in [0.3, 0.4) is 0 Å². The van der Waals surface area contributed by atoms with Crippen molar-refractivity contribution in [2.24, 2.45) is 4.99 Å². The first kappa shape index (κ1) is 18.5. The maximum Gasteiger partial charge on any atom is 0.243 e. The minimum absolute atomic E-state index is 0.00270. The Bertz CT molecular complexity index is 636. The highest BCUT2D eigenvalue weighted by Gasteiger charge is 2.10. The predicted molar refractivity (Wildman–Crippen MR) is 103 cm³/mol. The van der Waals surface area contributed by atoms with Gasteiger partial charge in [-0.1, -0.05) is 12.1 Å². The van der Waals surface area contributed by atoms with E-state index >= 15 is 0 Å². The number of rotatable bonds is 7. The van der Waals surface area contributed by atoms with Crippen LogP contribution >= 0.6 is 22.7 Å². The first-order valence-corrected chi connectivity index (χ1v) is 9.56. The van der Waals surface area contributed by atoms with E-state index in [2.05, 4.69) is 44.2 Å². The molecule has 130 valence electrons. The van der Waals surface area contributed by atoms with Gasteiger partial charge in [0, 0.05) is 37.4 Å². The first-order chi connectivity index (χ1) is 11.6. The molecule has 1 N–H and O–H groups in total. The van der Waals surface area contributed by atoms with E-state index in [-0.39, 0.29) is 12.5 Å². The van der Waals surface area contributed by atoms with Gasteiger partial charge >= 0.3 is 0 Å². The fourth-order valence-electron chi connectivity index (χ4n) is 2.01. The number of guanidine groups is 1. The molecular formula is C17H24N4OS2. The molecule has 0 fully saturated rings. The predicted octanol–water partition coefficient (Wildman–Crippen LogP) is 2.52. The molecule has 0 radical (unpaired) electrons. The van der Waals surface area contributed by atoms with Gasteiger partial charge in [0.1, 0.15) is 6.54 Å². The monoisotopic (exact) mass is 364 g/mol. The Kier molecular flexibility index (Phi) is 7.27. The van der Waals surface area contributed by atoms with Crippen LogP contribution in [0.25, 0.3) is 0 Å². The summed E-state index contributed by atoms with van der Waals surface area (Å²) in [6.45, 7) is 1.73. The molecule has 5 nitrogen and oxygen atoms in total. The molecule has 24 heavy (non-hydrogen) atoms. The van der Waals surface area contributed by atoms with Crippen LogP contribution in [0.1, 0.15) is 9.75 Å². The normalized spacial score (nSPS) is 11.4. The van der Waals surface area contributed by atoms with E-state index in [0.29, 0.717) is 0 Å². The summed E-state index contributed by atoms with van der Waals surface area (Å²) >= 11 is 3.47. The van der Waals surface area contributed by atoms with Crippen molar-refractivity contribution in [2.75, 3.05) is 34.2 Å². The smallest absolute Gasteiger partial charge is 0.243 e. The van der Waals surface area contributed by atoms with Crippen molar-refractivity contribution in [2.45, 2.75) is 13.0 Å². The minimum Gasteiger partial charge on any atom is -0.351 e. The Morgan fingerprint density at radius 2 is 1.79 bits per heavy atom. The summed E-state index contributed by atoms with van der Waals surface area (Å²) < 4.78 is 0. The van der Waals surface area contributed by atoms with Crippen LogP contribution in [0, 0.1) is 0 Å². The van der Waals surface area contributed by atoms with E-state index in [1.807, 2.05) is 13.1 Å². The lowest BCUT2D eigenvalue weighted by Gasteiger charge is -2.22. The molecule has 0 saturated heterocycles. The van der Waals surface area contributed by atoms with Crippen LogP contribution in [-0.2, 0) is 17.8 Å². The lowest BCUT2D eigenvalue weighted by Crippen LogP contribution is -2.40. The van der Waals surface area contributed by atoms with Crippen molar-refractivity contribution in [3.05, 3.63) is 44.8 Å². The van der Waals surface area contributed by atoms with Crippen molar-refractivity contribution < 1.29 is 4.79 Å². The molecule has 2 rings (SSSR count). The molecule has 0 aliphatic heterocycles. The van der Waals surface area contributed by atoms with Gasteiger partial charge in [-0.25, -0.2) is 4.99 Å². The molecule has 0 aliphatic carbocycles. The van der Waals surface area contributed by atoms with Crippen LogP contribution in [-0.4, -0.2) is 55.9 Å². The zero-order valence-electron chi connectivity index (χ0n) is 14.4. The van der Waals surface area contributed by atoms with E-state index in [9.17, 15) is 4.79 Å². The largest absolute Gasteiger partial charge is 0.351 e. The van der Waals surface area contributed by atoms with E-state index in [4.69, 9.17) is 0 Å². The van der Waals surface area contributed by atoms with E-state index < -0.39 is 0 Å². The second-order valence-corrected chi connectivity index (χ2v) is 7.68. The number of carbonyl (C=O) groups excluding carboxylic acids is 1. The molecule has 0 aromatic carbocycles. The summed E-state index contributed by atoms with van der Waals surface area (Å²) in [6, 6.07) is 8.34. The third kappa shape index (κ3) is 5.98. The molecule has 0 bridgehead atoms. The summed E-state index contributed by atoms with van der Waals surface area (Å²) in [5.41, 5.74) is 0. The number of carbonyl (C=O) groups is 1. The summed E-state index contributed by atoms with van der Waals surface area (Å²) in [6.07, 6.45) is 0.968. The topological polar surface area (TPSA) is 47.9 Å². The highest BCUT2D eigenvalue weighted by atomic mass is 32.1. The number of hydrogen-bond acceptors (Lipinski definition) is 4. The standard InChI is InChI=1S/C17H24N4OS2/c1-20(2)16(22)13-19-17(18-12-15-7-5-11-24-15)21(3)9-8-14-6-4-10-23-14/h4-7,10-11H,8-9,12-13H2,1-3H3,(H,18,19). The lowest BCUT2D eigenvalue weighted by atomic mass is 10.3. The maximum absolute atomic E-state index is 11.8. The molecule has 0 saturated carbocycles. The molecule has 0 atom stereocenters. The quantitative estimate of drug-likeness (QED) is 0.607. The molecular weight excluding hydrogens is 340 g/mol. The van der Waals surface area contributed by atoms with Gasteiger partial charge in [-0.15, -0.1) is 22.7 Å². The van der Waals surface area contributed by atoms with Gasteiger partial charge in [0.2, 0.25) is 5.91 Å². The van der Waals surface area contributed by atoms with Gasteiger partial charge in [-0.05, 0) is 29.3 Å². The number of amides is 1. The molecule has 2 aromatic rings. The Labute approximate surface area is 151 Å². The first-order valence-electron chi connectivity index (χ1n) is 7.80. The molecule has 1 amide bonds. The maximum atomic E-state index is 11.8. The van der Waals surface area contributed by atoms with Gasteiger partial charge in [0.25, 0.3) is 0 Å². The van der Waals surface area contributed by atoms with E-state index in [0.717, 1.165) is 25.5 Å². The zero-order chi connectivity index (χ0) is 17.4. The Hall–Kier alpha value is -1.86. The van der Waals surface area contributed by atoms with Crippen molar-refractivity contribution in [3.63, 3.8) is 0 Å². The molecule has 0 spiro atoms. The number of hydrogen-bond donors (Lipinski definition) is 1. The summed E-state index contributed by atoms with van der Waals surface area (Å²) in [7, 11) is 5.50. The second kappa shape index (κ2) is 9.44. The molecule has 2 heterocycles. The van der Waals surface area contributed by atoms with Crippen molar-refractivity contribution >= 4 is 34.5 Å². The van der Waals surface area contributed by atoms with Gasteiger partial charge in [0.15, 0.2) is 5.96 Å². The Balaban J connectivity index is 1.96.